The minimum Gasteiger partial charge on any atom is -0.458 e. The van der Waals surface area contributed by atoms with Crippen LogP contribution in [0.3, 0.4) is 0 Å². The largest absolute Gasteiger partial charge is 0.500 e. The van der Waals surface area contributed by atoms with Crippen LogP contribution in [0.2, 0.25) is 0 Å². The summed E-state index contributed by atoms with van der Waals surface area (Å²) in [6.45, 7) is 2.30. The summed E-state index contributed by atoms with van der Waals surface area (Å²) in [5.74, 6) is -2.53. The number of esters is 1. The van der Waals surface area contributed by atoms with E-state index in [0.717, 1.165) is 0 Å². The average Bonchev–Trinajstić information content (AvgIpc) is 2.43. The Bertz CT molecular complexity index is 640. The smallest absolute Gasteiger partial charge is 0.458 e. The number of hydrogen-bond acceptors (Lipinski definition) is 5. The third kappa shape index (κ3) is 4.23. The summed E-state index contributed by atoms with van der Waals surface area (Å²) < 4.78 is 66.0. The van der Waals surface area contributed by atoms with Gasteiger partial charge in [0.1, 0.15) is 6.61 Å². The molecule has 0 aromatic heterocycles. The summed E-state index contributed by atoms with van der Waals surface area (Å²) in [6, 6.07) is 7.96. The van der Waals surface area contributed by atoms with Crippen molar-refractivity contribution in [2.45, 2.75) is 37.3 Å². The highest BCUT2D eigenvalue weighted by molar-refractivity contribution is 7.94. The first kappa shape index (κ1) is 19.4. The Balaban J connectivity index is 3.08. The van der Waals surface area contributed by atoms with Gasteiger partial charge >= 0.3 is 11.5 Å². The van der Waals surface area contributed by atoms with Crippen LogP contribution in [0.25, 0.3) is 0 Å². The Morgan fingerprint density at radius 3 is 2.17 bits per heavy atom. The SMILES string of the molecule is CC(C)CC(O)(C(=O)OCc1ccccc1)S(=O)(=O)C(F)(F)F. The summed E-state index contributed by atoms with van der Waals surface area (Å²) in [5.41, 5.74) is -5.33. The number of alkyl halides is 3. The average molecular weight is 354 g/mol. The Labute approximate surface area is 132 Å². The highest BCUT2D eigenvalue weighted by Crippen LogP contribution is 2.37. The number of halogens is 3. The van der Waals surface area contributed by atoms with Crippen molar-refractivity contribution in [2.75, 3.05) is 0 Å². The molecule has 130 valence electrons. The zero-order valence-corrected chi connectivity index (χ0v) is 13.3. The summed E-state index contributed by atoms with van der Waals surface area (Å²) in [7, 11) is -6.16. The maximum atomic E-state index is 12.7. The minimum absolute atomic E-state index is 0.442. The maximum Gasteiger partial charge on any atom is 0.500 e. The van der Waals surface area contributed by atoms with Crippen LogP contribution in [0.5, 0.6) is 0 Å². The van der Waals surface area contributed by atoms with E-state index in [2.05, 4.69) is 4.74 Å². The van der Waals surface area contributed by atoms with E-state index >= 15 is 0 Å². The van der Waals surface area contributed by atoms with Gasteiger partial charge in [0, 0.05) is 6.42 Å². The molecule has 0 saturated heterocycles. The zero-order chi connectivity index (χ0) is 17.9. The summed E-state index contributed by atoms with van der Waals surface area (Å²) >= 11 is 0. The monoisotopic (exact) mass is 354 g/mol. The number of benzene rings is 1. The molecule has 0 amide bonds. The minimum atomic E-state index is -6.16. The summed E-state index contributed by atoms with van der Waals surface area (Å²) in [6.07, 6.45) is -0.928. The Morgan fingerprint density at radius 1 is 1.22 bits per heavy atom. The second-order valence-corrected chi connectivity index (χ2v) is 7.54. The Morgan fingerprint density at radius 2 is 1.74 bits per heavy atom. The molecule has 23 heavy (non-hydrogen) atoms. The fourth-order valence-electron chi connectivity index (χ4n) is 1.88. The third-order valence-corrected chi connectivity index (χ3v) is 4.80. The van der Waals surface area contributed by atoms with Crippen LogP contribution in [-0.4, -0.2) is 29.9 Å². The van der Waals surface area contributed by atoms with Crippen LogP contribution in [-0.2, 0) is 26.0 Å². The van der Waals surface area contributed by atoms with Gasteiger partial charge in [0.25, 0.3) is 14.8 Å². The van der Waals surface area contributed by atoms with E-state index in [1.54, 1.807) is 18.2 Å². The van der Waals surface area contributed by atoms with Crippen molar-refractivity contribution in [3.63, 3.8) is 0 Å². The van der Waals surface area contributed by atoms with Crippen molar-refractivity contribution in [3.05, 3.63) is 35.9 Å². The quantitative estimate of drug-likeness (QED) is 0.794. The molecule has 0 heterocycles. The van der Waals surface area contributed by atoms with E-state index in [9.17, 15) is 31.5 Å². The molecule has 9 heteroatoms. The predicted molar refractivity (Wildman–Crippen MR) is 75.6 cm³/mol. The molecule has 0 fully saturated rings. The van der Waals surface area contributed by atoms with Crippen LogP contribution in [0.1, 0.15) is 25.8 Å². The van der Waals surface area contributed by atoms with Crippen molar-refractivity contribution in [3.8, 4) is 0 Å². The van der Waals surface area contributed by atoms with Crippen molar-refractivity contribution < 1.29 is 36.2 Å². The second kappa shape index (κ2) is 6.88. The van der Waals surface area contributed by atoms with Crippen LogP contribution >= 0.6 is 0 Å². The fourth-order valence-corrected chi connectivity index (χ4v) is 3.10. The standard InChI is InChI=1S/C14H17F3O5S/c1-10(2)8-13(19,23(20,21)14(15,16)17)12(18)22-9-11-6-4-3-5-7-11/h3-7,10,19H,8-9H2,1-2H3. The first-order chi connectivity index (χ1) is 10.4. The molecule has 1 aromatic carbocycles. The van der Waals surface area contributed by atoms with E-state index in [4.69, 9.17) is 0 Å². The number of rotatable bonds is 6. The van der Waals surface area contributed by atoms with Gasteiger partial charge in [-0.05, 0) is 11.5 Å². The molecule has 0 bridgehead atoms. The molecule has 1 unspecified atom stereocenters. The van der Waals surface area contributed by atoms with Crippen LogP contribution in [0, 0.1) is 5.92 Å². The number of hydrogen-bond donors (Lipinski definition) is 1. The molecule has 0 aliphatic carbocycles. The molecule has 0 aliphatic heterocycles. The number of aliphatic hydroxyl groups is 1. The second-order valence-electron chi connectivity index (χ2n) is 5.39. The first-order valence-electron chi connectivity index (χ1n) is 6.66. The Kier molecular flexibility index (Phi) is 5.81. The van der Waals surface area contributed by atoms with Gasteiger partial charge in [-0.1, -0.05) is 44.2 Å². The maximum absolute atomic E-state index is 12.7. The number of ether oxygens (including phenoxy) is 1. The lowest BCUT2D eigenvalue weighted by atomic mass is 10.1. The molecule has 0 saturated carbocycles. The molecule has 5 nitrogen and oxygen atoms in total. The van der Waals surface area contributed by atoms with E-state index in [-0.39, 0.29) is 0 Å². The summed E-state index contributed by atoms with van der Waals surface area (Å²) in [4.78, 5) is 8.24. The molecular weight excluding hydrogens is 337 g/mol. The van der Waals surface area contributed by atoms with Gasteiger partial charge < -0.3 is 9.84 Å². The van der Waals surface area contributed by atoms with Gasteiger partial charge in [0.2, 0.25) is 0 Å². The molecule has 1 aromatic rings. The predicted octanol–water partition coefficient (Wildman–Crippen LogP) is 2.40. The molecule has 1 rings (SSSR count). The zero-order valence-electron chi connectivity index (χ0n) is 12.5. The van der Waals surface area contributed by atoms with E-state index in [0.29, 0.717) is 5.56 Å². The summed E-state index contributed by atoms with van der Waals surface area (Å²) in [5, 5.41) is 10.0. The fraction of sp³-hybridized carbons (Fsp3) is 0.500. The van der Waals surface area contributed by atoms with Gasteiger partial charge in [-0.2, -0.15) is 13.2 Å². The van der Waals surface area contributed by atoms with Gasteiger partial charge in [-0.3, -0.25) is 0 Å². The van der Waals surface area contributed by atoms with Crippen LogP contribution in [0.4, 0.5) is 13.2 Å². The van der Waals surface area contributed by atoms with Gasteiger partial charge in [0.05, 0.1) is 0 Å². The topological polar surface area (TPSA) is 80.7 Å². The number of carbonyl (C=O) groups is 1. The van der Waals surface area contributed by atoms with Crippen molar-refractivity contribution in [2.24, 2.45) is 5.92 Å². The normalized spacial score (nSPS) is 15.3. The molecule has 1 atom stereocenters. The molecule has 0 aliphatic rings. The highest BCUT2D eigenvalue weighted by Gasteiger charge is 2.64. The van der Waals surface area contributed by atoms with Crippen molar-refractivity contribution in [1.82, 2.24) is 0 Å². The van der Waals surface area contributed by atoms with Gasteiger partial charge in [0.15, 0.2) is 0 Å². The highest BCUT2D eigenvalue weighted by atomic mass is 32.2. The first-order valence-corrected chi connectivity index (χ1v) is 8.14. The van der Waals surface area contributed by atoms with E-state index in [1.807, 2.05) is 0 Å². The van der Waals surface area contributed by atoms with Crippen molar-refractivity contribution in [1.29, 1.82) is 0 Å². The molecule has 0 spiro atoms. The van der Waals surface area contributed by atoms with Crippen LogP contribution < -0.4 is 0 Å². The van der Waals surface area contributed by atoms with Gasteiger partial charge in [-0.25, -0.2) is 13.2 Å². The lowest BCUT2D eigenvalue weighted by Gasteiger charge is -2.28. The third-order valence-electron chi connectivity index (χ3n) is 2.97. The molecule has 0 radical (unpaired) electrons. The lowest BCUT2D eigenvalue weighted by Crippen LogP contribution is -2.53. The van der Waals surface area contributed by atoms with E-state index < -0.39 is 45.2 Å². The molecule has 1 N–H and O–H groups in total. The number of carbonyl (C=O) groups excluding carboxylic acids is 1. The van der Waals surface area contributed by atoms with E-state index in [1.165, 1.54) is 26.0 Å². The lowest BCUT2D eigenvalue weighted by molar-refractivity contribution is -0.161. The number of sulfone groups is 1. The van der Waals surface area contributed by atoms with Crippen LogP contribution in [0.15, 0.2) is 30.3 Å². The van der Waals surface area contributed by atoms with Gasteiger partial charge in [-0.15, -0.1) is 0 Å². The Hall–Kier alpha value is -1.61. The molecular formula is C14H17F3O5S. The van der Waals surface area contributed by atoms with Crippen molar-refractivity contribution >= 4 is 15.8 Å².